The Morgan fingerprint density at radius 2 is 1.69 bits per heavy atom. The van der Waals surface area contributed by atoms with Gasteiger partial charge < -0.3 is 5.11 Å². The van der Waals surface area contributed by atoms with E-state index in [2.05, 4.69) is 23.7 Å². The molecule has 0 aliphatic carbocycles. The highest BCUT2D eigenvalue weighted by Crippen LogP contribution is 2.39. The zero-order chi connectivity index (χ0) is 26.1. The topological polar surface area (TPSA) is 154 Å². The van der Waals surface area contributed by atoms with Gasteiger partial charge in [0, 0.05) is 24.4 Å². The number of aromatic hydroxyl groups is 1. The lowest BCUT2D eigenvalue weighted by molar-refractivity contribution is 0.460. The molecule has 3 aromatic carbocycles. The van der Waals surface area contributed by atoms with Crippen molar-refractivity contribution in [1.82, 2.24) is 13.1 Å². The molecule has 4 aromatic rings. The lowest BCUT2D eigenvalue weighted by Crippen LogP contribution is -2.28. The number of sulfonamides is 2. The van der Waals surface area contributed by atoms with Crippen molar-refractivity contribution >= 4 is 70.6 Å². The molecule has 0 aliphatic heterocycles. The molecule has 1 heterocycles. The monoisotopic (exact) mass is 548 g/mol. The lowest BCUT2D eigenvalue weighted by atomic mass is 10.1. The fraction of sp³-hybridized carbons (Fsp3) is 0.273. The molecule has 0 bridgehead atoms. The summed E-state index contributed by atoms with van der Waals surface area (Å²) in [5, 5.41) is 19.6. The molecule has 0 fully saturated rings. The number of anilines is 1. The average Bonchev–Trinajstić information content (AvgIpc) is 3.31. The van der Waals surface area contributed by atoms with E-state index >= 15 is 0 Å². The van der Waals surface area contributed by atoms with E-state index < -0.39 is 20.0 Å². The van der Waals surface area contributed by atoms with Crippen LogP contribution in [0.1, 0.15) is 19.8 Å². The molecule has 0 atom stereocenters. The van der Waals surface area contributed by atoms with E-state index in [0.29, 0.717) is 28.7 Å². The number of unbranched alkanes of at least 4 members (excludes halogenated alkanes) is 1. The molecule has 0 spiro atoms. The van der Waals surface area contributed by atoms with Crippen molar-refractivity contribution in [3.8, 4) is 5.75 Å². The van der Waals surface area contributed by atoms with Crippen LogP contribution in [-0.2, 0) is 20.0 Å². The highest BCUT2D eigenvalue weighted by molar-refractivity contribution is 7.92. The number of rotatable bonds is 9. The first-order valence-electron chi connectivity index (χ1n) is 10.9. The first kappa shape index (κ1) is 25.9. The van der Waals surface area contributed by atoms with Gasteiger partial charge in [-0.05, 0) is 36.8 Å². The summed E-state index contributed by atoms with van der Waals surface area (Å²) in [6.45, 7) is 2.37. The minimum Gasteiger partial charge on any atom is -0.507 e. The highest BCUT2D eigenvalue weighted by Gasteiger charge is 2.25. The number of phenolic OH excluding ortho intramolecular Hbond substituents is 1. The molecule has 0 radical (unpaired) electrons. The van der Waals surface area contributed by atoms with Gasteiger partial charge in [0.05, 0.1) is 29.4 Å². The standard InChI is InChI=1S/C22H24N6O5S3/c1-4-5-13-28(2)36(32,33)19-12-10-17(21-22(19)26-34-25-21)24-23-15-9-11-18(29)14-7-6-8-16(20(14)15)27-35(3,30)31/h6-12,27,29H,4-5,13H2,1-3H3. The van der Waals surface area contributed by atoms with Crippen molar-refractivity contribution < 1.29 is 21.9 Å². The molecule has 4 rings (SSSR count). The molecule has 0 saturated carbocycles. The SMILES string of the molecule is CCCCN(C)S(=O)(=O)c1ccc(N=Nc2ccc(O)c3cccc(NS(C)(=O)=O)c23)c2nsnc12. The van der Waals surface area contributed by atoms with Crippen molar-refractivity contribution in [2.45, 2.75) is 24.7 Å². The van der Waals surface area contributed by atoms with Crippen LogP contribution in [0, 0.1) is 0 Å². The van der Waals surface area contributed by atoms with Gasteiger partial charge in [0.1, 0.15) is 27.4 Å². The average molecular weight is 549 g/mol. The van der Waals surface area contributed by atoms with E-state index in [0.717, 1.165) is 30.8 Å². The number of nitrogens with zero attached hydrogens (tertiary/aromatic N) is 5. The number of hydrogen-bond donors (Lipinski definition) is 2. The van der Waals surface area contributed by atoms with Crippen molar-refractivity contribution in [3.63, 3.8) is 0 Å². The number of fused-ring (bicyclic) bond motifs is 2. The van der Waals surface area contributed by atoms with Gasteiger partial charge in [-0.25, -0.2) is 21.1 Å². The van der Waals surface area contributed by atoms with E-state index in [1.807, 2.05) is 6.92 Å². The molecule has 14 heteroatoms. The Balaban J connectivity index is 1.80. The number of phenols is 1. The molecule has 1 aromatic heterocycles. The summed E-state index contributed by atoms with van der Waals surface area (Å²) in [6, 6.07) is 10.7. The molecule has 0 aliphatic rings. The summed E-state index contributed by atoms with van der Waals surface area (Å²) in [7, 11) is -5.85. The number of benzene rings is 3. The third-order valence-electron chi connectivity index (χ3n) is 5.43. The number of azo groups is 1. The minimum atomic E-state index is -3.78. The minimum absolute atomic E-state index is 0.0403. The van der Waals surface area contributed by atoms with Gasteiger partial charge in [-0.3, -0.25) is 4.72 Å². The molecule has 0 unspecified atom stereocenters. The molecule has 36 heavy (non-hydrogen) atoms. The Bertz CT molecular complexity index is 1680. The van der Waals surface area contributed by atoms with Crippen molar-refractivity contribution in [2.24, 2.45) is 10.2 Å². The van der Waals surface area contributed by atoms with Crippen LogP contribution < -0.4 is 4.72 Å². The summed E-state index contributed by atoms with van der Waals surface area (Å²) in [6.07, 6.45) is 2.62. The third-order valence-corrected chi connectivity index (χ3v) is 8.44. The molecule has 0 saturated heterocycles. The fourth-order valence-electron chi connectivity index (χ4n) is 3.64. The van der Waals surface area contributed by atoms with Crippen LogP contribution in [0.4, 0.5) is 17.1 Å². The molecule has 11 nitrogen and oxygen atoms in total. The largest absolute Gasteiger partial charge is 0.507 e. The van der Waals surface area contributed by atoms with Crippen LogP contribution in [0.25, 0.3) is 21.8 Å². The second kappa shape index (κ2) is 10.0. The van der Waals surface area contributed by atoms with Gasteiger partial charge in [0.2, 0.25) is 20.0 Å². The van der Waals surface area contributed by atoms with Gasteiger partial charge in [0.15, 0.2) is 0 Å². The molecule has 2 N–H and O–H groups in total. The maximum atomic E-state index is 13.1. The zero-order valence-electron chi connectivity index (χ0n) is 19.7. The normalized spacial score (nSPS) is 12.8. The Hall–Kier alpha value is -3.20. The first-order valence-corrected chi connectivity index (χ1v) is 14.9. The Morgan fingerprint density at radius 3 is 2.42 bits per heavy atom. The van der Waals surface area contributed by atoms with E-state index in [-0.39, 0.29) is 27.4 Å². The first-order chi connectivity index (χ1) is 17.0. The van der Waals surface area contributed by atoms with Crippen LogP contribution in [0.2, 0.25) is 0 Å². The number of nitrogens with one attached hydrogen (secondary N) is 1. The van der Waals surface area contributed by atoms with Crippen LogP contribution in [0.3, 0.4) is 0 Å². The van der Waals surface area contributed by atoms with Crippen molar-refractivity contribution in [1.29, 1.82) is 0 Å². The quantitative estimate of drug-likeness (QED) is 0.286. The molecule has 0 amide bonds. The van der Waals surface area contributed by atoms with Crippen LogP contribution >= 0.6 is 11.7 Å². The van der Waals surface area contributed by atoms with Crippen molar-refractivity contribution in [3.05, 3.63) is 42.5 Å². The van der Waals surface area contributed by atoms with E-state index in [9.17, 15) is 21.9 Å². The summed E-state index contributed by atoms with van der Waals surface area (Å²) < 4.78 is 62.1. The van der Waals surface area contributed by atoms with E-state index in [1.54, 1.807) is 18.2 Å². The predicted molar refractivity (Wildman–Crippen MR) is 140 cm³/mol. The predicted octanol–water partition coefficient (Wildman–Crippen LogP) is 4.76. The maximum absolute atomic E-state index is 13.1. The van der Waals surface area contributed by atoms with Gasteiger partial charge in [0.25, 0.3) is 0 Å². The fourth-order valence-corrected chi connectivity index (χ4v) is 6.17. The van der Waals surface area contributed by atoms with Gasteiger partial charge in [-0.15, -0.1) is 10.2 Å². The third kappa shape index (κ3) is 5.16. The Kier molecular flexibility index (Phi) is 7.22. The zero-order valence-corrected chi connectivity index (χ0v) is 22.2. The van der Waals surface area contributed by atoms with Crippen LogP contribution in [-0.4, -0.2) is 54.8 Å². The van der Waals surface area contributed by atoms with Gasteiger partial charge in [-0.1, -0.05) is 25.5 Å². The summed E-state index contributed by atoms with van der Waals surface area (Å²) in [4.78, 5) is 0.0403. The van der Waals surface area contributed by atoms with Crippen LogP contribution in [0.5, 0.6) is 5.75 Å². The highest BCUT2D eigenvalue weighted by atomic mass is 32.2. The smallest absolute Gasteiger partial charge is 0.245 e. The Labute approximate surface area is 212 Å². The lowest BCUT2D eigenvalue weighted by Gasteiger charge is -2.17. The van der Waals surface area contributed by atoms with Crippen LogP contribution in [0.15, 0.2) is 57.6 Å². The Morgan fingerprint density at radius 1 is 1.00 bits per heavy atom. The summed E-state index contributed by atoms with van der Waals surface area (Å²) in [5.74, 6) is -0.0473. The van der Waals surface area contributed by atoms with Gasteiger partial charge in [-0.2, -0.15) is 8.75 Å². The summed E-state index contributed by atoms with van der Waals surface area (Å²) in [5.41, 5.74) is 1.31. The number of aromatic nitrogens is 2. The van der Waals surface area contributed by atoms with E-state index in [4.69, 9.17) is 0 Å². The molecular weight excluding hydrogens is 524 g/mol. The van der Waals surface area contributed by atoms with Crippen molar-refractivity contribution in [2.75, 3.05) is 24.6 Å². The molecule has 190 valence electrons. The van der Waals surface area contributed by atoms with E-state index in [1.165, 1.54) is 35.6 Å². The van der Waals surface area contributed by atoms with Gasteiger partial charge >= 0.3 is 0 Å². The number of hydrogen-bond acceptors (Lipinski definition) is 10. The maximum Gasteiger partial charge on any atom is 0.245 e. The second-order valence-corrected chi connectivity index (χ2v) is 12.4. The second-order valence-electron chi connectivity index (χ2n) is 8.13. The molecular formula is C22H24N6O5S3. The summed E-state index contributed by atoms with van der Waals surface area (Å²) >= 11 is 0.867.